The summed E-state index contributed by atoms with van der Waals surface area (Å²) in [5.41, 5.74) is 0.929. The number of hydrogen-bond donors (Lipinski definition) is 1. The van der Waals surface area contributed by atoms with Crippen LogP contribution in [0.15, 0.2) is 30.3 Å². The van der Waals surface area contributed by atoms with Crippen LogP contribution in [0.5, 0.6) is 11.5 Å². The average molecular weight is 457 g/mol. The minimum atomic E-state index is -4.40. The molecule has 0 bridgehead atoms. The molecular formula is C25H26F3N3O2. The average Bonchev–Trinajstić information content (AvgIpc) is 2.91. The number of aromatic nitrogens is 2. The quantitative estimate of drug-likeness (QED) is 0.495. The normalized spacial score (nSPS) is 18.0. The lowest BCUT2D eigenvalue weighted by atomic mass is 9.70. The van der Waals surface area contributed by atoms with E-state index in [2.05, 4.69) is 15.3 Å². The largest absolute Gasteiger partial charge is 0.489 e. The molecule has 1 aromatic heterocycles. The number of halogens is 3. The molecule has 1 aliphatic carbocycles. The summed E-state index contributed by atoms with van der Waals surface area (Å²) >= 11 is 0. The second-order valence-electron chi connectivity index (χ2n) is 9.25. The Morgan fingerprint density at radius 2 is 1.73 bits per heavy atom. The van der Waals surface area contributed by atoms with Gasteiger partial charge in [0.05, 0.1) is 30.3 Å². The lowest BCUT2D eigenvalue weighted by molar-refractivity contribution is -0.138. The zero-order valence-corrected chi connectivity index (χ0v) is 18.8. The van der Waals surface area contributed by atoms with E-state index in [1.807, 2.05) is 19.1 Å². The number of rotatable bonds is 3. The molecule has 0 saturated heterocycles. The maximum absolute atomic E-state index is 13.4. The number of ether oxygens (including phenoxy) is 2. The van der Waals surface area contributed by atoms with Gasteiger partial charge in [0.25, 0.3) is 0 Å². The zero-order valence-electron chi connectivity index (χ0n) is 18.8. The molecule has 33 heavy (non-hydrogen) atoms. The van der Waals surface area contributed by atoms with Crippen LogP contribution in [-0.4, -0.2) is 23.2 Å². The zero-order chi connectivity index (χ0) is 23.4. The van der Waals surface area contributed by atoms with Gasteiger partial charge in [-0.2, -0.15) is 13.2 Å². The number of benzene rings is 2. The first-order chi connectivity index (χ1) is 15.7. The van der Waals surface area contributed by atoms with Crippen LogP contribution in [0.1, 0.15) is 54.7 Å². The van der Waals surface area contributed by atoms with Gasteiger partial charge >= 0.3 is 6.18 Å². The Kier molecular flexibility index (Phi) is 5.14. The van der Waals surface area contributed by atoms with E-state index in [-0.39, 0.29) is 11.0 Å². The van der Waals surface area contributed by atoms with Crippen molar-refractivity contribution in [2.24, 2.45) is 5.41 Å². The Labute approximate surface area is 190 Å². The maximum atomic E-state index is 13.4. The van der Waals surface area contributed by atoms with Gasteiger partial charge in [-0.25, -0.2) is 9.97 Å². The molecule has 174 valence electrons. The fraction of sp³-hybridized carbons (Fsp3) is 0.440. The van der Waals surface area contributed by atoms with Gasteiger partial charge in [0.15, 0.2) is 11.5 Å². The Bertz CT molecular complexity index is 1220. The van der Waals surface area contributed by atoms with Crippen molar-refractivity contribution >= 4 is 16.7 Å². The maximum Gasteiger partial charge on any atom is 0.416 e. The fourth-order valence-corrected chi connectivity index (χ4v) is 4.77. The molecule has 3 aromatic rings. The van der Waals surface area contributed by atoms with E-state index in [0.717, 1.165) is 24.3 Å². The number of fused-ring (bicyclic) bond motifs is 2. The lowest BCUT2D eigenvalue weighted by Gasteiger charge is -2.39. The first-order valence-corrected chi connectivity index (χ1v) is 11.2. The molecule has 0 radical (unpaired) electrons. The third kappa shape index (κ3) is 3.96. The van der Waals surface area contributed by atoms with Crippen LogP contribution in [0.25, 0.3) is 10.9 Å². The highest BCUT2D eigenvalue weighted by atomic mass is 19.4. The first-order valence-electron chi connectivity index (χ1n) is 11.2. The van der Waals surface area contributed by atoms with Gasteiger partial charge in [-0.15, -0.1) is 0 Å². The Morgan fingerprint density at radius 1 is 1.03 bits per heavy atom. The second kappa shape index (κ2) is 7.78. The van der Waals surface area contributed by atoms with Crippen LogP contribution >= 0.6 is 0 Å². The molecule has 1 fully saturated rings. The van der Waals surface area contributed by atoms with Gasteiger partial charge in [-0.05, 0) is 56.9 Å². The van der Waals surface area contributed by atoms with Gasteiger partial charge in [0.1, 0.15) is 11.6 Å². The summed E-state index contributed by atoms with van der Waals surface area (Å²) < 4.78 is 52.4. The van der Waals surface area contributed by atoms with Crippen LogP contribution in [0, 0.1) is 19.3 Å². The molecule has 2 aliphatic rings. The van der Waals surface area contributed by atoms with Gasteiger partial charge in [0.2, 0.25) is 0 Å². The second-order valence-corrected chi connectivity index (χ2v) is 9.25. The van der Waals surface area contributed by atoms with Crippen LogP contribution in [0.2, 0.25) is 0 Å². The van der Waals surface area contributed by atoms with Crippen LogP contribution in [-0.2, 0) is 6.18 Å². The summed E-state index contributed by atoms with van der Waals surface area (Å²) in [6.07, 6.45) is -1.01. The monoisotopic (exact) mass is 457 g/mol. The SMILES string of the molecule is Cc1nc(NC(C)c2cccc(C(F)(F)F)c2C)c2cc3c(cc2n1)OCC1(CCC1)CO3. The van der Waals surface area contributed by atoms with E-state index in [0.29, 0.717) is 47.4 Å². The van der Waals surface area contributed by atoms with Crippen LogP contribution in [0.3, 0.4) is 0 Å². The summed E-state index contributed by atoms with van der Waals surface area (Å²) in [4.78, 5) is 9.11. The van der Waals surface area contributed by atoms with Gasteiger partial charge in [0, 0.05) is 16.9 Å². The molecule has 5 nitrogen and oxygen atoms in total. The van der Waals surface area contributed by atoms with Crippen molar-refractivity contribution in [3.05, 3.63) is 52.8 Å². The van der Waals surface area contributed by atoms with Gasteiger partial charge in [-0.3, -0.25) is 0 Å². The Balaban J connectivity index is 1.50. The predicted molar refractivity (Wildman–Crippen MR) is 120 cm³/mol. The molecule has 8 heteroatoms. The highest BCUT2D eigenvalue weighted by Gasteiger charge is 2.41. The topological polar surface area (TPSA) is 56.3 Å². The molecule has 2 aromatic carbocycles. The third-order valence-electron chi connectivity index (χ3n) is 6.86. The minimum Gasteiger partial charge on any atom is -0.489 e. The van der Waals surface area contributed by atoms with E-state index in [1.54, 1.807) is 13.0 Å². The Morgan fingerprint density at radius 3 is 2.36 bits per heavy atom. The van der Waals surface area contributed by atoms with Crippen molar-refractivity contribution in [2.45, 2.75) is 52.3 Å². The standard InChI is InChI=1S/C25H26F3N3O2/c1-14-17(6-4-7-19(14)25(26,27)28)15(2)29-23-18-10-21-22(11-20(18)30-16(3)31-23)33-13-24(12-32-21)8-5-9-24/h4,6-7,10-11,15H,5,8-9,12-13H2,1-3H3,(H,29,30,31). The van der Waals surface area contributed by atoms with Crippen LogP contribution in [0.4, 0.5) is 19.0 Å². The number of hydrogen-bond acceptors (Lipinski definition) is 5. The van der Waals surface area contributed by atoms with E-state index >= 15 is 0 Å². The van der Waals surface area contributed by atoms with Crippen molar-refractivity contribution in [2.75, 3.05) is 18.5 Å². The molecule has 1 unspecified atom stereocenters. The highest BCUT2D eigenvalue weighted by molar-refractivity contribution is 5.92. The van der Waals surface area contributed by atoms with E-state index < -0.39 is 17.8 Å². The number of nitrogens with zero attached hydrogens (tertiary/aromatic N) is 2. The molecule has 2 heterocycles. The number of nitrogens with one attached hydrogen (secondary N) is 1. The molecular weight excluding hydrogens is 431 g/mol. The predicted octanol–water partition coefficient (Wildman–Crippen LogP) is 6.38. The molecule has 1 spiro atoms. The summed E-state index contributed by atoms with van der Waals surface area (Å²) in [6, 6.07) is 7.59. The fourth-order valence-electron chi connectivity index (χ4n) is 4.77. The summed E-state index contributed by atoms with van der Waals surface area (Å²) in [6.45, 7) is 6.36. The van der Waals surface area contributed by atoms with Crippen molar-refractivity contribution in [1.29, 1.82) is 0 Å². The lowest BCUT2D eigenvalue weighted by Crippen LogP contribution is -2.39. The number of anilines is 1. The van der Waals surface area contributed by atoms with Crippen LogP contribution < -0.4 is 14.8 Å². The molecule has 1 N–H and O–H groups in total. The molecule has 0 amide bonds. The first kappa shape index (κ1) is 21.8. The molecule has 1 atom stereocenters. The van der Waals surface area contributed by atoms with Crippen molar-refractivity contribution in [1.82, 2.24) is 9.97 Å². The molecule has 1 aliphatic heterocycles. The van der Waals surface area contributed by atoms with Crippen molar-refractivity contribution in [3.63, 3.8) is 0 Å². The summed E-state index contributed by atoms with van der Waals surface area (Å²) in [5.74, 6) is 2.42. The molecule has 1 saturated carbocycles. The highest BCUT2D eigenvalue weighted by Crippen LogP contribution is 2.46. The van der Waals surface area contributed by atoms with E-state index in [4.69, 9.17) is 9.47 Å². The van der Waals surface area contributed by atoms with Gasteiger partial charge < -0.3 is 14.8 Å². The number of aryl methyl sites for hydroxylation is 1. The summed E-state index contributed by atoms with van der Waals surface area (Å²) in [5, 5.41) is 4.05. The molecule has 5 rings (SSSR count). The Hall–Kier alpha value is -3.03. The van der Waals surface area contributed by atoms with Crippen molar-refractivity contribution in [3.8, 4) is 11.5 Å². The van der Waals surface area contributed by atoms with Crippen molar-refractivity contribution < 1.29 is 22.6 Å². The van der Waals surface area contributed by atoms with E-state index in [1.165, 1.54) is 19.4 Å². The smallest absolute Gasteiger partial charge is 0.416 e. The van der Waals surface area contributed by atoms with Gasteiger partial charge in [-0.1, -0.05) is 18.6 Å². The number of alkyl halides is 3. The van der Waals surface area contributed by atoms with E-state index in [9.17, 15) is 13.2 Å². The summed E-state index contributed by atoms with van der Waals surface area (Å²) in [7, 11) is 0. The third-order valence-corrected chi connectivity index (χ3v) is 6.86. The minimum absolute atomic E-state index is 0.0867.